The third-order valence-electron chi connectivity index (χ3n) is 3.17. The molecule has 0 aliphatic rings. The fourth-order valence-electron chi connectivity index (χ4n) is 2.14. The normalized spacial score (nSPS) is 9.68. The molecule has 0 radical (unpaired) electrons. The molecule has 2 nitrogen and oxygen atoms in total. The highest BCUT2D eigenvalue weighted by Gasteiger charge is 2.03. The average molecular weight is 246 g/mol. The molecular formula is C17H14N2. The second kappa shape index (κ2) is 5.38. The average Bonchev–Trinajstić information content (AvgIpc) is 2.39. The van der Waals surface area contributed by atoms with Crippen molar-refractivity contribution < 1.29 is 0 Å². The summed E-state index contributed by atoms with van der Waals surface area (Å²) in [6, 6.07) is 11.9. The Bertz CT molecular complexity index is 639. The molecule has 19 heavy (non-hydrogen) atoms. The minimum Gasteiger partial charge on any atom is -0.238 e. The predicted octanol–water partition coefficient (Wildman–Crippen LogP) is 5.00. The second-order valence-corrected chi connectivity index (χ2v) is 4.64. The largest absolute Gasteiger partial charge is 0.238 e. The van der Waals surface area contributed by atoms with Crippen molar-refractivity contribution >= 4 is 11.4 Å². The van der Waals surface area contributed by atoms with E-state index in [0.717, 1.165) is 17.5 Å². The zero-order valence-corrected chi connectivity index (χ0v) is 11.1. The SMILES string of the molecule is [C-]#[N+]c1ccc(Cc2ccc([N+]#[C-])c(C)c2)cc1C. The standard InChI is InChI=1S/C17H14N2/c1-12-9-14(5-7-16(12)18-3)11-15-6-8-17(19-4)13(2)10-15/h5-10H,11H2,1-2H3. The second-order valence-electron chi connectivity index (χ2n) is 4.64. The molecule has 2 aromatic rings. The summed E-state index contributed by atoms with van der Waals surface area (Å²) >= 11 is 0. The summed E-state index contributed by atoms with van der Waals surface area (Å²) < 4.78 is 0. The van der Waals surface area contributed by atoms with E-state index in [1.807, 2.05) is 38.1 Å². The lowest BCUT2D eigenvalue weighted by Gasteiger charge is -2.06. The summed E-state index contributed by atoms with van der Waals surface area (Å²) in [5.74, 6) is 0. The first kappa shape index (κ1) is 12.9. The number of rotatable bonds is 2. The smallest absolute Gasteiger partial charge is 0.190 e. The van der Waals surface area contributed by atoms with E-state index in [1.54, 1.807) is 0 Å². The summed E-state index contributed by atoms with van der Waals surface area (Å²) in [5, 5.41) is 0. The fraction of sp³-hybridized carbons (Fsp3) is 0.176. The number of nitrogens with zero attached hydrogens (tertiary/aromatic N) is 2. The summed E-state index contributed by atoms with van der Waals surface area (Å²) in [7, 11) is 0. The van der Waals surface area contributed by atoms with Crippen LogP contribution in [0.1, 0.15) is 22.3 Å². The van der Waals surface area contributed by atoms with E-state index in [4.69, 9.17) is 13.1 Å². The van der Waals surface area contributed by atoms with Crippen molar-refractivity contribution in [3.05, 3.63) is 81.5 Å². The molecule has 0 amide bonds. The lowest BCUT2D eigenvalue weighted by Crippen LogP contribution is -1.90. The topological polar surface area (TPSA) is 8.72 Å². The minimum absolute atomic E-state index is 0.711. The predicted molar refractivity (Wildman–Crippen MR) is 77.7 cm³/mol. The number of benzene rings is 2. The lowest BCUT2D eigenvalue weighted by molar-refractivity contribution is 1.18. The molecule has 0 heterocycles. The maximum absolute atomic E-state index is 7.05. The Hall–Kier alpha value is -2.58. The van der Waals surface area contributed by atoms with E-state index in [2.05, 4.69) is 21.8 Å². The Kier molecular flexibility index (Phi) is 3.64. The van der Waals surface area contributed by atoms with Crippen LogP contribution in [0.5, 0.6) is 0 Å². The van der Waals surface area contributed by atoms with Gasteiger partial charge in [-0.3, -0.25) is 0 Å². The highest BCUT2D eigenvalue weighted by atomic mass is 14.6. The Morgan fingerprint density at radius 2 is 1.21 bits per heavy atom. The number of aryl methyl sites for hydroxylation is 2. The van der Waals surface area contributed by atoms with Crippen LogP contribution in [0.25, 0.3) is 9.69 Å². The molecule has 0 atom stereocenters. The molecule has 0 aromatic heterocycles. The highest BCUT2D eigenvalue weighted by molar-refractivity contribution is 5.55. The summed E-state index contributed by atoms with van der Waals surface area (Å²) in [6.07, 6.45) is 0.832. The van der Waals surface area contributed by atoms with E-state index in [9.17, 15) is 0 Å². The van der Waals surface area contributed by atoms with Gasteiger partial charge in [0, 0.05) is 0 Å². The third-order valence-corrected chi connectivity index (χ3v) is 3.17. The van der Waals surface area contributed by atoms with Crippen LogP contribution in [-0.4, -0.2) is 0 Å². The van der Waals surface area contributed by atoms with E-state index in [0.29, 0.717) is 11.4 Å². The van der Waals surface area contributed by atoms with E-state index >= 15 is 0 Å². The van der Waals surface area contributed by atoms with Crippen LogP contribution in [0, 0.1) is 27.0 Å². The zero-order chi connectivity index (χ0) is 13.8. The summed E-state index contributed by atoms with van der Waals surface area (Å²) in [4.78, 5) is 6.94. The Morgan fingerprint density at radius 1 is 0.789 bits per heavy atom. The Morgan fingerprint density at radius 3 is 1.53 bits per heavy atom. The first-order chi connectivity index (χ1) is 9.13. The Labute approximate surface area is 114 Å². The van der Waals surface area contributed by atoms with Gasteiger partial charge in [-0.1, -0.05) is 36.4 Å². The number of hydrogen-bond acceptors (Lipinski definition) is 0. The molecule has 0 fully saturated rings. The molecule has 0 unspecified atom stereocenters. The van der Waals surface area contributed by atoms with Crippen LogP contribution in [0.3, 0.4) is 0 Å². The van der Waals surface area contributed by atoms with Crippen molar-refractivity contribution in [3.8, 4) is 0 Å². The molecule has 2 heteroatoms. The monoisotopic (exact) mass is 246 g/mol. The van der Waals surface area contributed by atoms with Crippen LogP contribution in [0.2, 0.25) is 0 Å². The summed E-state index contributed by atoms with van der Waals surface area (Å²) in [5.41, 5.74) is 5.84. The van der Waals surface area contributed by atoms with Crippen molar-refractivity contribution in [2.24, 2.45) is 0 Å². The van der Waals surface area contributed by atoms with Gasteiger partial charge in [-0.05, 0) is 42.5 Å². The van der Waals surface area contributed by atoms with Crippen LogP contribution in [-0.2, 0) is 6.42 Å². The van der Waals surface area contributed by atoms with Crippen molar-refractivity contribution in [1.29, 1.82) is 0 Å². The Balaban J connectivity index is 2.27. The first-order valence-corrected chi connectivity index (χ1v) is 6.08. The maximum atomic E-state index is 7.05. The molecule has 0 saturated heterocycles. The zero-order valence-electron chi connectivity index (χ0n) is 11.1. The molecule has 92 valence electrons. The van der Waals surface area contributed by atoms with Gasteiger partial charge in [-0.2, -0.15) is 0 Å². The number of hydrogen-bond donors (Lipinski definition) is 0. The van der Waals surface area contributed by atoms with Gasteiger partial charge >= 0.3 is 0 Å². The van der Waals surface area contributed by atoms with Gasteiger partial charge in [0.2, 0.25) is 0 Å². The van der Waals surface area contributed by atoms with Crippen molar-refractivity contribution in [3.63, 3.8) is 0 Å². The van der Waals surface area contributed by atoms with Gasteiger partial charge < -0.3 is 0 Å². The van der Waals surface area contributed by atoms with Crippen LogP contribution >= 0.6 is 0 Å². The van der Waals surface area contributed by atoms with E-state index in [-0.39, 0.29) is 0 Å². The first-order valence-electron chi connectivity index (χ1n) is 6.08. The maximum Gasteiger partial charge on any atom is 0.190 e. The van der Waals surface area contributed by atoms with E-state index in [1.165, 1.54) is 11.1 Å². The minimum atomic E-state index is 0.711. The van der Waals surface area contributed by atoms with Gasteiger partial charge in [0.25, 0.3) is 0 Å². The van der Waals surface area contributed by atoms with Gasteiger partial charge in [-0.15, -0.1) is 0 Å². The van der Waals surface area contributed by atoms with Gasteiger partial charge in [-0.25, -0.2) is 9.69 Å². The molecule has 0 aliphatic carbocycles. The summed E-state index contributed by atoms with van der Waals surface area (Å²) in [6.45, 7) is 18.0. The van der Waals surface area contributed by atoms with E-state index < -0.39 is 0 Å². The molecule has 0 aliphatic heterocycles. The van der Waals surface area contributed by atoms with Crippen LogP contribution in [0.4, 0.5) is 11.4 Å². The quantitative estimate of drug-likeness (QED) is 0.659. The molecule has 0 spiro atoms. The van der Waals surface area contributed by atoms with Crippen LogP contribution < -0.4 is 0 Å². The van der Waals surface area contributed by atoms with Gasteiger partial charge in [0.1, 0.15) is 0 Å². The molecule has 2 rings (SSSR count). The van der Waals surface area contributed by atoms with Gasteiger partial charge in [0.05, 0.1) is 13.1 Å². The molecule has 2 aromatic carbocycles. The van der Waals surface area contributed by atoms with Crippen molar-refractivity contribution in [1.82, 2.24) is 0 Å². The van der Waals surface area contributed by atoms with Crippen molar-refractivity contribution in [2.75, 3.05) is 0 Å². The van der Waals surface area contributed by atoms with Crippen LogP contribution in [0.15, 0.2) is 36.4 Å². The third kappa shape index (κ3) is 2.81. The molecule has 0 bridgehead atoms. The molecule has 0 saturated carbocycles. The molecular weight excluding hydrogens is 232 g/mol. The van der Waals surface area contributed by atoms with Gasteiger partial charge in [0.15, 0.2) is 11.4 Å². The highest BCUT2D eigenvalue weighted by Crippen LogP contribution is 2.24. The van der Waals surface area contributed by atoms with Crippen molar-refractivity contribution in [2.45, 2.75) is 20.3 Å². The molecule has 0 N–H and O–H groups in total. The lowest BCUT2D eigenvalue weighted by atomic mass is 10.0. The fourth-order valence-corrected chi connectivity index (χ4v) is 2.14.